The van der Waals surface area contributed by atoms with Gasteiger partial charge in [0.15, 0.2) is 11.5 Å². The van der Waals surface area contributed by atoms with Crippen molar-refractivity contribution in [2.45, 2.75) is 18.7 Å². The van der Waals surface area contributed by atoms with Crippen molar-refractivity contribution in [3.05, 3.63) is 87.9 Å². The van der Waals surface area contributed by atoms with E-state index in [1.807, 2.05) is 53.5 Å². The maximum absolute atomic E-state index is 12.3. The minimum absolute atomic E-state index is 0.0265. The Morgan fingerprint density at radius 2 is 1.82 bits per heavy atom. The van der Waals surface area contributed by atoms with Gasteiger partial charge in [-0.1, -0.05) is 48.0 Å². The van der Waals surface area contributed by atoms with E-state index in [0.717, 1.165) is 16.8 Å². The van der Waals surface area contributed by atoms with Crippen LogP contribution in [0.4, 0.5) is 0 Å². The molecule has 0 aromatic heterocycles. The standard InChI is InChI=1S/C25H21ClN2O5/c1-31-21-12-11-16(22(25(29)30)23(21)32-2)24-28-19(15-8-4-6-10-20(15)33-24)13-18(27-28)14-7-3-5-9-17(14)26/h3-12,19,24H,13H2,1-2H3,(H,29,30). The van der Waals surface area contributed by atoms with Crippen molar-refractivity contribution in [2.75, 3.05) is 14.2 Å². The zero-order chi connectivity index (χ0) is 23.1. The van der Waals surface area contributed by atoms with Crippen molar-refractivity contribution >= 4 is 23.3 Å². The van der Waals surface area contributed by atoms with Gasteiger partial charge in [-0.2, -0.15) is 5.10 Å². The van der Waals surface area contributed by atoms with Gasteiger partial charge in [-0.25, -0.2) is 9.80 Å². The number of aromatic carboxylic acids is 1. The fourth-order valence-electron chi connectivity index (χ4n) is 4.47. The number of para-hydroxylation sites is 1. The van der Waals surface area contributed by atoms with Gasteiger partial charge in [-0.15, -0.1) is 0 Å². The first-order valence-electron chi connectivity index (χ1n) is 10.4. The number of fused-ring (bicyclic) bond motifs is 3. The lowest BCUT2D eigenvalue weighted by Gasteiger charge is -2.38. The molecule has 0 saturated heterocycles. The molecule has 8 heteroatoms. The molecule has 0 bridgehead atoms. The van der Waals surface area contributed by atoms with E-state index in [0.29, 0.717) is 28.5 Å². The zero-order valence-electron chi connectivity index (χ0n) is 18.0. The monoisotopic (exact) mass is 464 g/mol. The van der Waals surface area contributed by atoms with Gasteiger partial charge in [-0.3, -0.25) is 0 Å². The molecule has 2 heterocycles. The van der Waals surface area contributed by atoms with E-state index in [9.17, 15) is 9.90 Å². The fourth-order valence-corrected chi connectivity index (χ4v) is 4.71. The summed E-state index contributed by atoms with van der Waals surface area (Å²) >= 11 is 6.46. The van der Waals surface area contributed by atoms with Crippen molar-refractivity contribution in [1.82, 2.24) is 5.01 Å². The Morgan fingerprint density at radius 3 is 2.55 bits per heavy atom. The average molecular weight is 465 g/mol. The predicted molar refractivity (Wildman–Crippen MR) is 124 cm³/mol. The molecule has 33 heavy (non-hydrogen) atoms. The van der Waals surface area contributed by atoms with Gasteiger partial charge in [0.2, 0.25) is 6.23 Å². The van der Waals surface area contributed by atoms with E-state index in [-0.39, 0.29) is 17.4 Å². The molecule has 2 aliphatic rings. The molecule has 0 radical (unpaired) electrons. The van der Waals surface area contributed by atoms with Crippen LogP contribution >= 0.6 is 11.6 Å². The average Bonchev–Trinajstić information content (AvgIpc) is 3.28. The summed E-state index contributed by atoms with van der Waals surface area (Å²) in [6.07, 6.45) is -0.174. The van der Waals surface area contributed by atoms with Crippen LogP contribution < -0.4 is 14.2 Å². The second-order valence-corrected chi connectivity index (χ2v) is 8.11. The normalized spacial score (nSPS) is 18.6. The van der Waals surface area contributed by atoms with Crippen LogP contribution in [-0.2, 0) is 0 Å². The number of ether oxygens (including phenoxy) is 3. The number of carboxylic acids is 1. The van der Waals surface area contributed by atoms with Gasteiger partial charge in [0.1, 0.15) is 11.3 Å². The van der Waals surface area contributed by atoms with E-state index >= 15 is 0 Å². The zero-order valence-corrected chi connectivity index (χ0v) is 18.7. The summed E-state index contributed by atoms with van der Waals surface area (Å²) in [6, 6.07) is 18.5. The lowest BCUT2D eigenvalue weighted by molar-refractivity contribution is -0.0199. The molecule has 1 N–H and O–H groups in total. The quantitative estimate of drug-likeness (QED) is 0.552. The van der Waals surface area contributed by atoms with Gasteiger partial charge in [0.05, 0.1) is 26.0 Å². The summed E-state index contributed by atoms with van der Waals surface area (Å²) in [4.78, 5) is 12.3. The highest BCUT2D eigenvalue weighted by molar-refractivity contribution is 6.34. The van der Waals surface area contributed by atoms with Crippen LogP contribution in [0.25, 0.3) is 0 Å². The Labute approximate surface area is 195 Å². The molecule has 2 unspecified atom stereocenters. The second kappa shape index (κ2) is 8.33. The Kier molecular flexibility index (Phi) is 5.34. The largest absolute Gasteiger partial charge is 0.493 e. The fraction of sp³-hybridized carbons (Fsp3) is 0.200. The number of benzene rings is 3. The first-order valence-corrected chi connectivity index (χ1v) is 10.8. The smallest absolute Gasteiger partial charge is 0.340 e. The van der Waals surface area contributed by atoms with E-state index < -0.39 is 12.2 Å². The molecule has 168 valence electrons. The molecule has 7 nitrogen and oxygen atoms in total. The number of hydrogen-bond acceptors (Lipinski definition) is 6. The number of halogens is 1. The Bertz CT molecular complexity index is 1280. The Balaban J connectivity index is 1.68. The highest BCUT2D eigenvalue weighted by Gasteiger charge is 2.43. The van der Waals surface area contributed by atoms with Gasteiger partial charge < -0.3 is 19.3 Å². The molecule has 2 atom stereocenters. The minimum atomic E-state index is -1.14. The number of hydrogen-bond donors (Lipinski definition) is 1. The van der Waals surface area contributed by atoms with Crippen LogP contribution in [0.5, 0.6) is 17.2 Å². The van der Waals surface area contributed by atoms with E-state index in [2.05, 4.69) is 0 Å². The van der Waals surface area contributed by atoms with Crippen LogP contribution in [0.1, 0.15) is 45.7 Å². The van der Waals surface area contributed by atoms with Crippen molar-refractivity contribution in [1.29, 1.82) is 0 Å². The first-order chi connectivity index (χ1) is 16.0. The second-order valence-electron chi connectivity index (χ2n) is 7.70. The molecule has 0 aliphatic carbocycles. The molecule has 3 aromatic carbocycles. The lowest BCUT2D eigenvalue weighted by atomic mass is 9.95. The van der Waals surface area contributed by atoms with E-state index in [4.69, 9.17) is 30.9 Å². The molecule has 0 saturated carbocycles. The maximum Gasteiger partial charge on any atom is 0.340 e. The Hall–Kier alpha value is -3.71. The number of methoxy groups -OCH3 is 2. The van der Waals surface area contributed by atoms with Crippen LogP contribution in [0, 0.1) is 0 Å². The maximum atomic E-state index is 12.3. The highest BCUT2D eigenvalue weighted by Crippen LogP contribution is 2.49. The van der Waals surface area contributed by atoms with Crippen LogP contribution in [-0.4, -0.2) is 36.0 Å². The van der Waals surface area contributed by atoms with Crippen molar-refractivity contribution in [3.63, 3.8) is 0 Å². The van der Waals surface area contributed by atoms with Gasteiger partial charge in [0, 0.05) is 28.1 Å². The SMILES string of the molecule is COc1ccc(C2Oc3ccccc3C3CC(c4ccccc4Cl)=NN32)c(C(=O)O)c1OC. The summed E-state index contributed by atoms with van der Waals surface area (Å²) in [5.74, 6) is 0.00356. The summed E-state index contributed by atoms with van der Waals surface area (Å²) in [6.45, 7) is 0. The molecule has 2 aliphatic heterocycles. The Morgan fingerprint density at radius 1 is 1.06 bits per heavy atom. The number of carboxylic acid groups (broad SMARTS) is 1. The molecule has 5 rings (SSSR count). The summed E-state index contributed by atoms with van der Waals surface area (Å²) < 4.78 is 17.1. The van der Waals surface area contributed by atoms with Crippen molar-refractivity contribution in [2.24, 2.45) is 5.10 Å². The third-order valence-electron chi connectivity index (χ3n) is 5.94. The predicted octanol–water partition coefficient (Wildman–Crippen LogP) is 5.30. The highest BCUT2D eigenvalue weighted by atomic mass is 35.5. The van der Waals surface area contributed by atoms with Crippen molar-refractivity contribution < 1.29 is 24.1 Å². The topological polar surface area (TPSA) is 80.6 Å². The summed E-state index contributed by atoms with van der Waals surface area (Å²) in [7, 11) is 2.88. The lowest BCUT2D eigenvalue weighted by Crippen LogP contribution is -2.34. The summed E-state index contributed by atoms with van der Waals surface area (Å²) in [5.41, 5.74) is 3.03. The molecule has 3 aromatic rings. The molecule has 0 amide bonds. The number of carbonyl (C=O) groups is 1. The van der Waals surface area contributed by atoms with E-state index in [1.165, 1.54) is 14.2 Å². The van der Waals surface area contributed by atoms with Gasteiger partial charge in [-0.05, 0) is 24.3 Å². The number of hydrazone groups is 1. The number of nitrogens with zero attached hydrogens (tertiary/aromatic N) is 2. The molecular formula is C25H21ClN2O5. The molecular weight excluding hydrogens is 444 g/mol. The van der Waals surface area contributed by atoms with Crippen molar-refractivity contribution in [3.8, 4) is 17.2 Å². The third-order valence-corrected chi connectivity index (χ3v) is 6.27. The summed E-state index contributed by atoms with van der Waals surface area (Å²) in [5, 5.41) is 17.4. The van der Waals surface area contributed by atoms with Gasteiger partial charge >= 0.3 is 5.97 Å². The molecule has 0 fully saturated rings. The van der Waals surface area contributed by atoms with Crippen LogP contribution in [0.2, 0.25) is 5.02 Å². The van der Waals surface area contributed by atoms with Crippen LogP contribution in [0.3, 0.4) is 0 Å². The number of rotatable bonds is 5. The minimum Gasteiger partial charge on any atom is -0.493 e. The van der Waals surface area contributed by atoms with E-state index in [1.54, 1.807) is 12.1 Å². The van der Waals surface area contributed by atoms with Crippen LogP contribution in [0.15, 0.2) is 65.8 Å². The third kappa shape index (κ3) is 3.45. The first kappa shape index (κ1) is 21.2. The van der Waals surface area contributed by atoms with Gasteiger partial charge in [0.25, 0.3) is 0 Å². The molecule has 0 spiro atoms.